The summed E-state index contributed by atoms with van der Waals surface area (Å²) in [5.74, 6) is 0.495. The van der Waals surface area contributed by atoms with Gasteiger partial charge in [0.1, 0.15) is 29.0 Å². The van der Waals surface area contributed by atoms with Crippen molar-refractivity contribution in [2.24, 2.45) is 7.05 Å². The number of hydrogen-bond donors (Lipinski definition) is 0. The summed E-state index contributed by atoms with van der Waals surface area (Å²) in [4.78, 5) is 13.2. The van der Waals surface area contributed by atoms with Crippen LogP contribution in [0.4, 0.5) is 0 Å². The number of rotatable bonds is 8. The smallest absolute Gasteiger partial charge is 0.307 e. The zero-order valence-electron chi connectivity index (χ0n) is 22.8. The van der Waals surface area contributed by atoms with Gasteiger partial charge in [0.2, 0.25) is 0 Å². The van der Waals surface area contributed by atoms with Crippen molar-refractivity contribution in [1.29, 1.82) is 0 Å². The second kappa shape index (κ2) is 11.0. The molecule has 3 aromatic carbocycles. The highest BCUT2D eigenvalue weighted by molar-refractivity contribution is 7.17. The second-order valence-corrected chi connectivity index (χ2v) is 12.0. The highest BCUT2D eigenvalue weighted by Gasteiger charge is 2.28. The molecule has 0 amide bonds. The number of fused-ring (bicyclic) bond motifs is 2. The number of hydrogen-bond acceptors (Lipinski definition) is 6. The number of alkyl halides is 1. The number of aryl methyl sites for hydroxylation is 2. The summed E-state index contributed by atoms with van der Waals surface area (Å²) in [6.07, 6.45) is 0.166. The van der Waals surface area contributed by atoms with E-state index in [9.17, 15) is 4.79 Å². The molecule has 5 aromatic rings. The number of carbonyl (C=O) groups excluding carboxylic acids is 1. The molecule has 2 aromatic heterocycles. The lowest BCUT2D eigenvalue weighted by Crippen LogP contribution is -2.25. The Hall–Kier alpha value is -3.42. The van der Waals surface area contributed by atoms with Gasteiger partial charge < -0.3 is 9.47 Å². The Morgan fingerprint density at radius 1 is 1.13 bits per heavy atom. The number of thiophene rings is 1. The van der Waals surface area contributed by atoms with Gasteiger partial charge in [-0.25, -0.2) is 4.68 Å². The molecule has 1 atom stereocenters. The lowest BCUT2D eigenvalue weighted by molar-refractivity contribution is -0.155. The molecule has 5 rings (SSSR count). The van der Waals surface area contributed by atoms with E-state index < -0.39 is 5.60 Å². The maximum atomic E-state index is 13.2. The Bertz CT molecular complexity index is 1640. The molecule has 1 unspecified atom stereocenters. The Morgan fingerprint density at radius 3 is 2.62 bits per heavy atom. The summed E-state index contributed by atoms with van der Waals surface area (Å²) in [6.45, 7) is 8.08. The number of benzene rings is 3. The average Bonchev–Trinajstić information content (AvgIpc) is 3.53. The highest BCUT2D eigenvalue weighted by atomic mass is 35.5. The highest BCUT2D eigenvalue weighted by Crippen LogP contribution is 2.40. The SMILES string of the molecule is Cc1c(C(CC(=O)OC(C)(C)C)c2cc(CCl)c3sccc3c2)cc(OCc2ccccc2)c2c1nnn2C. The van der Waals surface area contributed by atoms with E-state index in [1.807, 2.05) is 71.1 Å². The van der Waals surface area contributed by atoms with Crippen molar-refractivity contribution in [2.75, 3.05) is 0 Å². The van der Waals surface area contributed by atoms with Crippen LogP contribution in [0.1, 0.15) is 60.9 Å². The van der Waals surface area contributed by atoms with Gasteiger partial charge in [0.05, 0.1) is 6.42 Å². The molecule has 2 heterocycles. The summed E-state index contributed by atoms with van der Waals surface area (Å²) < 4.78 is 15.1. The maximum absolute atomic E-state index is 13.2. The standard InChI is InChI=1S/C31H32ClN3O3S/c1-19-24(15-26(29-28(19)33-34-35(29)5)37-18-20-9-7-6-8-10-20)25(16-27(36)38-31(2,3)4)22-13-21-11-12-39-30(21)23(14-22)17-32/h6-15,25H,16-18H2,1-5H3. The van der Waals surface area contributed by atoms with E-state index in [1.165, 1.54) is 0 Å². The molecule has 0 saturated heterocycles. The molecule has 0 spiro atoms. The van der Waals surface area contributed by atoms with Crippen LogP contribution in [-0.2, 0) is 29.1 Å². The molecule has 202 valence electrons. The molecule has 0 bridgehead atoms. The van der Waals surface area contributed by atoms with Gasteiger partial charge in [0.25, 0.3) is 0 Å². The summed E-state index contributed by atoms with van der Waals surface area (Å²) in [5.41, 5.74) is 5.99. The summed E-state index contributed by atoms with van der Waals surface area (Å²) in [7, 11) is 1.86. The fraction of sp³-hybridized carbons (Fsp3) is 0.323. The van der Waals surface area contributed by atoms with Crippen LogP contribution in [0.15, 0.2) is 60.0 Å². The molecule has 39 heavy (non-hydrogen) atoms. The topological polar surface area (TPSA) is 66.2 Å². The van der Waals surface area contributed by atoms with Gasteiger partial charge in [-0.3, -0.25) is 4.79 Å². The number of nitrogens with zero attached hydrogens (tertiary/aromatic N) is 3. The van der Waals surface area contributed by atoms with Gasteiger partial charge in [-0.1, -0.05) is 41.6 Å². The predicted molar refractivity (Wildman–Crippen MR) is 158 cm³/mol. The minimum atomic E-state index is -0.589. The molecule has 0 aliphatic carbocycles. The van der Waals surface area contributed by atoms with Crippen LogP contribution in [-0.4, -0.2) is 26.6 Å². The predicted octanol–water partition coefficient (Wildman–Crippen LogP) is 7.67. The summed E-state index contributed by atoms with van der Waals surface area (Å²) in [5, 5.41) is 12.0. The molecule has 0 radical (unpaired) electrons. The fourth-order valence-corrected chi connectivity index (χ4v) is 6.17. The number of carbonyl (C=O) groups is 1. The minimum Gasteiger partial charge on any atom is -0.487 e. The van der Waals surface area contributed by atoms with E-state index >= 15 is 0 Å². The minimum absolute atomic E-state index is 0.166. The van der Waals surface area contributed by atoms with Crippen LogP contribution in [0.5, 0.6) is 5.75 Å². The van der Waals surface area contributed by atoms with Crippen molar-refractivity contribution in [3.05, 3.63) is 87.8 Å². The summed E-state index contributed by atoms with van der Waals surface area (Å²) in [6, 6.07) is 18.4. The van der Waals surface area contributed by atoms with Crippen molar-refractivity contribution < 1.29 is 14.3 Å². The average molecular weight is 562 g/mol. The number of halogens is 1. The van der Waals surface area contributed by atoms with Crippen LogP contribution in [0.3, 0.4) is 0 Å². The van der Waals surface area contributed by atoms with Gasteiger partial charge in [0, 0.05) is 23.5 Å². The molecule has 0 aliphatic rings. The van der Waals surface area contributed by atoms with E-state index in [-0.39, 0.29) is 18.3 Å². The van der Waals surface area contributed by atoms with Gasteiger partial charge in [-0.2, -0.15) is 0 Å². The van der Waals surface area contributed by atoms with Gasteiger partial charge in [-0.15, -0.1) is 28.0 Å². The molecule has 0 aliphatic heterocycles. The van der Waals surface area contributed by atoms with Crippen molar-refractivity contribution >= 4 is 50.0 Å². The van der Waals surface area contributed by atoms with Crippen molar-refractivity contribution in [2.45, 2.75) is 58.1 Å². The van der Waals surface area contributed by atoms with E-state index in [0.717, 1.165) is 48.9 Å². The normalized spacial score (nSPS) is 12.7. The van der Waals surface area contributed by atoms with E-state index in [2.05, 4.69) is 33.9 Å². The van der Waals surface area contributed by atoms with Crippen LogP contribution >= 0.6 is 22.9 Å². The third kappa shape index (κ3) is 5.80. The Labute approximate surface area is 237 Å². The lowest BCUT2D eigenvalue weighted by atomic mass is 9.84. The molecule has 0 fully saturated rings. The van der Waals surface area contributed by atoms with E-state index in [0.29, 0.717) is 18.2 Å². The van der Waals surface area contributed by atoms with Gasteiger partial charge in [-0.05, 0) is 84.5 Å². The fourth-order valence-electron chi connectivity index (χ4n) is 4.99. The van der Waals surface area contributed by atoms with Crippen molar-refractivity contribution in [3.8, 4) is 5.75 Å². The third-order valence-corrected chi connectivity index (χ3v) is 8.03. The van der Waals surface area contributed by atoms with Crippen molar-refractivity contribution in [1.82, 2.24) is 15.0 Å². The Kier molecular flexibility index (Phi) is 7.65. The van der Waals surface area contributed by atoms with Gasteiger partial charge in [0.15, 0.2) is 0 Å². The molecule has 0 saturated carbocycles. The molecule has 6 nitrogen and oxygen atoms in total. The third-order valence-electron chi connectivity index (χ3n) is 6.74. The number of aromatic nitrogens is 3. The van der Waals surface area contributed by atoms with Crippen molar-refractivity contribution in [3.63, 3.8) is 0 Å². The van der Waals surface area contributed by atoms with Crippen LogP contribution in [0, 0.1) is 6.92 Å². The molecule has 8 heteroatoms. The van der Waals surface area contributed by atoms with Crippen LogP contribution < -0.4 is 4.74 Å². The Morgan fingerprint density at radius 2 is 1.90 bits per heavy atom. The molecular formula is C31H32ClN3O3S. The maximum Gasteiger partial charge on any atom is 0.307 e. The van der Waals surface area contributed by atoms with Crippen LogP contribution in [0.2, 0.25) is 0 Å². The zero-order valence-corrected chi connectivity index (χ0v) is 24.4. The first-order valence-electron chi connectivity index (χ1n) is 12.9. The number of ether oxygens (including phenoxy) is 2. The lowest BCUT2D eigenvalue weighted by Gasteiger charge is -2.25. The molecule has 0 N–H and O–H groups in total. The monoisotopic (exact) mass is 561 g/mol. The quantitative estimate of drug-likeness (QED) is 0.144. The van der Waals surface area contributed by atoms with Gasteiger partial charge >= 0.3 is 5.97 Å². The largest absolute Gasteiger partial charge is 0.487 e. The first-order valence-corrected chi connectivity index (χ1v) is 14.3. The molecular weight excluding hydrogens is 530 g/mol. The second-order valence-electron chi connectivity index (χ2n) is 10.8. The Balaban J connectivity index is 1.65. The van der Waals surface area contributed by atoms with E-state index in [4.69, 9.17) is 21.1 Å². The first-order chi connectivity index (χ1) is 18.6. The number of esters is 1. The van der Waals surface area contributed by atoms with E-state index in [1.54, 1.807) is 16.0 Å². The first kappa shape index (κ1) is 27.2. The van der Waals surface area contributed by atoms with Crippen LogP contribution in [0.25, 0.3) is 21.1 Å². The zero-order chi connectivity index (χ0) is 27.7. The summed E-state index contributed by atoms with van der Waals surface area (Å²) >= 11 is 8.06.